The van der Waals surface area contributed by atoms with Crippen LogP contribution in [0.5, 0.6) is 0 Å². The van der Waals surface area contributed by atoms with Gasteiger partial charge in [0.15, 0.2) is 0 Å². The highest BCUT2D eigenvalue weighted by atomic mass is 16.3. The van der Waals surface area contributed by atoms with Crippen LogP contribution in [0, 0.1) is 23.2 Å². The summed E-state index contributed by atoms with van der Waals surface area (Å²) in [6.45, 7) is 8.01. The molecule has 0 aromatic rings. The first-order valence-corrected chi connectivity index (χ1v) is 9.52. The second-order valence-electron chi connectivity index (χ2n) is 9.04. The van der Waals surface area contributed by atoms with Gasteiger partial charge < -0.3 is 10.0 Å². The van der Waals surface area contributed by atoms with Crippen molar-refractivity contribution in [1.82, 2.24) is 4.90 Å². The van der Waals surface area contributed by atoms with E-state index in [-0.39, 0.29) is 11.4 Å². The van der Waals surface area contributed by atoms with Gasteiger partial charge in [0, 0.05) is 12.1 Å². The molecule has 4 aliphatic rings. The van der Waals surface area contributed by atoms with E-state index in [1.165, 1.54) is 19.3 Å². The topological polar surface area (TPSA) is 40.5 Å². The molecule has 2 aliphatic heterocycles. The minimum absolute atomic E-state index is 0.0324. The molecule has 128 valence electrons. The van der Waals surface area contributed by atoms with Crippen LogP contribution in [0.1, 0.15) is 65.7 Å². The van der Waals surface area contributed by atoms with Gasteiger partial charge in [-0.1, -0.05) is 18.6 Å². The highest BCUT2D eigenvalue weighted by Crippen LogP contribution is 2.61. The van der Waals surface area contributed by atoms with E-state index in [0.717, 1.165) is 37.6 Å². The van der Waals surface area contributed by atoms with Crippen molar-refractivity contribution < 1.29 is 9.90 Å². The van der Waals surface area contributed by atoms with Crippen molar-refractivity contribution >= 4 is 5.91 Å². The number of nitrogens with zero attached hydrogens (tertiary/aromatic N) is 1. The number of fused-ring (bicyclic) bond motifs is 5. The molecule has 6 unspecified atom stereocenters. The molecule has 0 spiro atoms. The summed E-state index contributed by atoms with van der Waals surface area (Å²) >= 11 is 0. The van der Waals surface area contributed by atoms with Crippen molar-refractivity contribution in [2.75, 3.05) is 6.54 Å². The second kappa shape index (κ2) is 5.08. The third-order valence-electron chi connectivity index (χ3n) is 8.20. The standard InChI is InChI=1S/C20H31NO2/c1-13-4-5-16-15-8-11-21-18(23)12-14(22)6-10-20(21,3)17(15)7-9-19(13,16)2/h4,14-17,22H,5-12H2,1-3H3. The van der Waals surface area contributed by atoms with E-state index in [9.17, 15) is 9.90 Å². The van der Waals surface area contributed by atoms with Crippen molar-refractivity contribution in [3.8, 4) is 0 Å². The van der Waals surface area contributed by atoms with E-state index < -0.39 is 6.10 Å². The number of piperidine rings is 1. The lowest BCUT2D eigenvalue weighted by Crippen LogP contribution is -2.62. The maximum atomic E-state index is 12.6. The average molecular weight is 317 g/mol. The third-order valence-corrected chi connectivity index (χ3v) is 8.20. The highest BCUT2D eigenvalue weighted by Gasteiger charge is 2.57. The molecular weight excluding hydrogens is 286 g/mol. The normalized spacial score (nSPS) is 49.8. The van der Waals surface area contributed by atoms with Gasteiger partial charge in [0.05, 0.1) is 12.5 Å². The number of amides is 1. The Morgan fingerprint density at radius 2 is 1.96 bits per heavy atom. The molecule has 2 aliphatic carbocycles. The van der Waals surface area contributed by atoms with Crippen LogP contribution in [-0.2, 0) is 4.79 Å². The first-order valence-electron chi connectivity index (χ1n) is 9.52. The molecule has 1 saturated carbocycles. The van der Waals surface area contributed by atoms with Crippen LogP contribution in [0.15, 0.2) is 11.6 Å². The smallest absolute Gasteiger partial charge is 0.225 e. The van der Waals surface area contributed by atoms with E-state index in [1.807, 2.05) is 0 Å². The van der Waals surface area contributed by atoms with Gasteiger partial charge >= 0.3 is 0 Å². The number of aliphatic hydroxyl groups excluding tert-OH is 1. The first-order chi connectivity index (χ1) is 10.9. The average Bonchev–Trinajstić information content (AvgIpc) is 2.75. The van der Waals surface area contributed by atoms with Crippen molar-refractivity contribution in [3.63, 3.8) is 0 Å². The number of rotatable bonds is 0. The Labute approximate surface area is 140 Å². The second-order valence-corrected chi connectivity index (χ2v) is 9.04. The molecular formula is C20H31NO2. The zero-order chi connectivity index (χ0) is 16.4. The SMILES string of the molecule is CC1=CCC2C3CCN4C(=O)CC(O)CCC4(C)C3CCC12C. The van der Waals surface area contributed by atoms with Gasteiger partial charge in [0.25, 0.3) is 0 Å². The largest absolute Gasteiger partial charge is 0.393 e. The summed E-state index contributed by atoms with van der Waals surface area (Å²) in [5, 5.41) is 10.1. The molecule has 0 bridgehead atoms. The van der Waals surface area contributed by atoms with Crippen molar-refractivity contribution in [3.05, 3.63) is 11.6 Å². The van der Waals surface area contributed by atoms with E-state index in [2.05, 4.69) is 31.7 Å². The maximum absolute atomic E-state index is 12.6. The lowest BCUT2D eigenvalue weighted by atomic mass is 9.52. The van der Waals surface area contributed by atoms with Crippen LogP contribution in [0.4, 0.5) is 0 Å². The minimum atomic E-state index is -0.437. The van der Waals surface area contributed by atoms with Crippen LogP contribution >= 0.6 is 0 Å². The van der Waals surface area contributed by atoms with Gasteiger partial charge in [0.2, 0.25) is 5.91 Å². The minimum Gasteiger partial charge on any atom is -0.393 e. The molecule has 0 aromatic heterocycles. The summed E-state index contributed by atoms with van der Waals surface area (Å²) in [7, 11) is 0. The number of aliphatic hydroxyl groups is 1. The fourth-order valence-electron chi connectivity index (χ4n) is 6.58. The van der Waals surface area contributed by atoms with Gasteiger partial charge in [-0.3, -0.25) is 4.79 Å². The summed E-state index contributed by atoms with van der Waals surface area (Å²) in [6, 6.07) is 0. The summed E-state index contributed by atoms with van der Waals surface area (Å²) in [5.74, 6) is 2.31. The Hall–Kier alpha value is -0.830. The molecule has 0 radical (unpaired) electrons. The fourth-order valence-corrected chi connectivity index (χ4v) is 6.58. The predicted octanol–water partition coefficient (Wildman–Crippen LogP) is 3.52. The van der Waals surface area contributed by atoms with E-state index in [0.29, 0.717) is 17.8 Å². The molecule has 2 saturated heterocycles. The van der Waals surface area contributed by atoms with Gasteiger partial charge in [-0.05, 0) is 75.5 Å². The van der Waals surface area contributed by atoms with Crippen LogP contribution in [0.2, 0.25) is 0 Å². The number of carbonyl (C=O) groups excluding carboxylic acids is 1. The van der Waals surface area contributed by atoms with Crippen LogP contribution in [0.3, 0.4) is 0 Å². The Morgan fingerprint density at radius 1 is 1.17 bits per heavy atom. The Bertz CT molecular complexity index is 556. The van der Waals surface area contributed by atoms with Crippen molar-refractivity contribution in [2.24, 2.45) is 23.2 Å². The molecule has 6 atom stereocenters. The summed E-state index contributed by atoms with van der Waals surface area (Å²) in [5.41, 5.74) is 1.96. The zero-order valence-corrected chi connectivity index (χ0v) is 14.8. The summed E-state index contributed by atoms with van der Waals surface area (Å²) in [6.07, 6.45) is 9.00. The monoisotopic (exact) mass is 317 g/mol. The summed E-state index contributed by atoms with van der Waals surface area (Å²) < 4.78 is 0. The lowest BCUT2D eigenvalue weighted by molar-refractivity contribution is -0.151. The predicted molar refractivity (Wildman–Crippen MR) is 90.8 cm³/mol. The van der Waals surface area contributed by atoms with Gasteiger partial charge in [-0.15, -0.1) is 0 Å². The quantitative estimate of drug-likeness (QED) is 0.694. The molecule has 4 rings (SSSR count). The van der Waals surface area contributed by atoms with E-state index in [4.69, 9.17) is 0 Å². The number of hydrogen-bond donors (Lipinski definition) is 1. The molecule has 3 nitrogen and oxygen atoms in total. The van der Waals surface area contributed by atoms with Gasteiger partial charge in [-0.2, -0.15) is 0 Å². The zero-order valence-electron chi connectivity index (χ0n) is 14.8. The Morgan fingerprint density at radius 3 is 2.74 bits per heavy atom. The number of carbonyl (C=O) groups is 1. The number of allylic oxidation sites excluding steroid dienone is 2. The lowest BCUT2D eigenvalue weighted by Gasteiger charge is -2.59. The fraction of sp³-hybridized carbons (Fsp3) is 0.850. The first kappa shape index (κ1) is 15.7. The molecule has 1 amide bonds. The molecule has 1 N–H and O–H groups in total. The molecule has 3 heteroatoms. The van der Waals surface area contributed by atoms with Crippen molar-refractivity contribution in [2.45, 2.75) is 77.4 Å². The van der Waals surface area contributed by atoms with Gasteiger partial charge in [0.1, 0.15) is 0 Å². The third kappa shape index (κ3) is 2.08. The maximum Gasteiger partial charge on any atom is 0.225 e. The summed E-state index contributed by atoms with van der Waals surface area (Å²) in [4.78, 5) is 14.8. The van der Waals surface area contributed by atoms with Crippen molar-refractivity contribution in [1.29, 1.82) is 0 Å². The highest BCUT2D eigenvalue weighted by molar-refractivity contribution is 5.78. The van der Waals surface area contributed by atoms with Crippen LogP contribution in [0.25, 0.3) is 0 Å². The molecule has 3 fully saturated rings. The van der Waals surface area contributed by atoms with Crippen LogP contribution < -0.4 is 0 Å². The Kier molecular flexibility index (Phi) is 3.46. The Balaban J connectivity index is 1.67. The number of hydrogen-bond acceptors (Lipinski definition) is 2. The molecule has 23 heavy (non-hydrogen) atoms. The van der Waals surface area contributed by atoms with E-state index in [1.54, 1.807) is 5.57 Å². The van der Waals surface area contributed by atoms with E-state index >= 15 is 0 Å². The molecule has 2 heterocycles. The van der Waals surface area contributed by atoms with Crippen LogP contribution in [-0.4, -0.2) is 34.1 Å². The molecule has 0 aromatic carbocycles. The van der Waals surface area contributed by atoms with Gasteiger partial charge in [-0.25, -0.2) is 0 Å².